The van der Waals surface area contributed by atoms with Crippen LogP contribution in [-0.4, -0.2) is 37.5 Å². The quantitative estimate of drug-likeness (QED) is 0.840. The number of rotatable bonds is 5. The number of nitrogens with zero attached hydrogens (tertiary/aromatic N) is 1. The maximum Gasteiger partial charge on any atom is 0.244 e. The van der Waals surface area contributed by atoms with E-state index >= 15 is 0 Å². The van der Waals surface area contributed by atoms with Crippen molar-refractivity contribution in [1.82, 2.24) is 4.31 Å². The molecule has 0 bridgehead atoms. The minimum Gasteiger partial charge on any atom is -0.395 e. The largest absolute Gasteiger partial charge is 0.395 e. The van der Waals surface area contributed by atoms with Gasteiger partial charge in [0.1, 0.15) is 5.82 Å². The highest BCUT2D eigenvalue weighted by Crippen LogP contribution is 2.20. The summed E-state index contributed by atoms with van der Waals surface area (Å²) in [4.78, 5) is -0.00644. The second-order valence-electron chi connectivity index (χ2n) is 4.01. The van der Waals surface area contributed by atoms with Gasteiger partial charge in [0.15, 0.2) is 0 Å². The van der Waals surface area contributed by atoms with E-state index in [0.717, 1.165) is 12.1 Å². The molecule has 1 aromatic rings. The van der Waals surface area contributed by atoms with Gasteiger partial charge in [0, 0.05) is 25.1 Å². The molecular weight excluding hydrogens is 281 g/mol. The van der Waals surface area contributed by atoms with Crippen LogP contribution in [0.25, 0.3) is 0 Å². The third kappa shape index (κ3) is 3.79. The Bertz CT molecular complexity index is 613. The zero-order chi connectivity index (χ0) is 15.2. The highest BCUT2D eigenvalue weighted by Gasteiger charge is 2.24. The lowest BCUT2D eigenvalue weighted by atomic mass is 10.2. The first-order valence-electron chi connectivity index (χ1n) is 6.36. The molecule has 4 nitrogen and oxygen atoms in total. The molecule has 0 saturated carbocycles. The van der Waals surface area contributed by atoms with Crippen molar-refractivity contribution in [2.75, 3.05) is 19.7 Å². The summed E-state index contributed by atoms with van der Waals surface area (Å²) in [6, 6.07) is 3.43. The molecule has 0 aliphatic heterocycles. The number of hydrogen-bond acceptors (Lipinski definition) is 3. The van der Waals surface area contributed by atoms with Crippen LogP contribution in [0.2, 0.25) is 0 Å². The molecule has 0 radical (unpaired) electrons. The van der Waals surface area contributed by atoms with Gasteiger partial charge in [-0.25, -0.2) is 12.8 Å². The van der Waals surface area contributed by atoms with E-state index in [9.17, 15) is 12.8 Å². The maximum absolute atomic E-state index is 13.3. The molecule has 1 N–H and O–H groups in total. The Labute approximate surface area is 119 Å². The molecule has 0 heterocycles. The Morgan fingerprint density at radius 2 is 1.95 bits per heavy atom. The Balaban J connectivity index is 3.35. The summed E-state index contributed by atoms with van der Waals surface area (Å²) in [6.07, 6.45) is 0.210. The number of sulfonamides is 1. The molecule has 0 amide bonds. The molecule has 20 heavy (non-hydrogen) atoms. The van der Waals surface area contributed by atoms with Crippen molar-refractivity contribution in [3.8, 4) is 11.8 Å². The van der Waals surface area contributed by atoms with Crippen LogP contribution in [0.1, 0.15) is 25.8 Å². The Kier molecular flexibility index (Phi) is 6.14. The van der Waals surface area contributed by atoms with Crippen LogP contribution in [0, 0.1) is 17.7 Å². The Morgan fingerprint density at radius 3 is 2.50 bits per heavy atom. The predicted molar refractivity (Wildman–Crippen MR) is 75.1 cm³/mol. The van der Waals surface area contributed by atoms with E-state index in [-0.39, 0.29) is 23.5 Å². The lowest BCUT2D eigenvalue weighted by Gasteiger charge is -2.19. The average molecular weight is 299 g/mol. The van der Waals surface area contributed by atoms with Crippen molar-refractivity contribution >= 4 is 10.0 Å². The first-order chi connectivity index (χ1) is 9.47. The number of benzene rings is 1. The van der Waals surface area contributed by atoms with Gasteiger partial charge in [-0.15, -0.1) is 0 Å². The third-order valence-corrected chi connectivity index (χ3v) is 4.83. The van der Waals surface area contributed by atoms with Crippen LogP contribution in [0.5, 0.6) is 0 Å². The Hall–Kier alpha value is -1.42. The molecule has 0 unspecified atom stereocenters. The summed E-state index contributed by atoms with van der Waals surface area (Å²) >= 11 is 0. The summed E-state index contributed by atoms with van der Waals surface area (Å²) < 4.78 is 39.5. The molecule has 1 aromatic carbocycles. The summed E-state index contributed by atoms with van der Waals surface area (Å²) in [5, 5.41) is 8.69. The highest BCUT2D eigenvalue weighted by atomic mass is 32.2. The second-order valence-corrected chi connectivity index (χ2v) is 5.91. The van der Waals surface area contributed by atoms with E-state index in [4.69, 9.17) is 5.11 Å². The minimum absolute atomic E-state index is 0.00644. The topological polar surface area (TPSA) is 57.6 Å². The lowest BCUT2D eigenvalue weighted by molar-refractivity contribution is 0.305. The molecule has 1 rings (SSSR count). The van der Waals surface area contributed by atoms with Crippen LogP contribution >= 0.6 is 0 Å². The van der Waals surface area contributed by atoms with Gasteiger partial charge < -0.3 is 5.11 Å². The minimum atomic E-state index is -3.68. The average Bonchev–Trinajstić information content (AvgIpc) is 2.40. The van der Waals surface area contributed by atoms with E-state index < -0.39 is 15.8 Å². The van der Waals surface area contributed by atoms with Gasteiger partial charge in [-0.2, -0.15) is 4.31 Å². The number of hydrogen-bond donors (Lipinski definition) is 1. The van der Waals surface area contributed by atoms with Crippen LogP contribution in [0.15, 0.2) is 23.1 Å². The smallest absolute Gasteiger partial charge is 0.244 e. The van der Waals surface area contributed by atoms with Crippen molar-refractivity contribution in [3.05, 3.63) is 29.6 Å². The van der Waals surface area contributed by atoms with Crippen LogP contribution in [0.4, 0.5) is 4.39 Å². The fraction of sp³-hybridized carbons (Fsp3) is 0.429. The predicted octanol–water partition coefficient (Wildman–Crippen LogP) is 1.59. The molecule has 0 spiro atoms. The van der Waals surface area contributed by atoms with E-state index in [1.54, 1.807) is 13.8 Å². The SMILES string of the molecule is CCN(CC)S(=O)(=O)c1ccc(F)cc1C#CCCO. The first-order valence-corrected chi connectivity index (χ1v) is 7.80. The van der Waals surface area contributed by atoms with Gasteiger partial charge in [0.2, 0.25) is 10.0 Å². The molecule has 110 valence electrons. The summed E-state index contributed by atoms with van der Waals surface area (Å²) in [7, 11) is -3.68. The molecule has 0 aromatic heterocycles. The van der Waals surface area contributed by atoms with Gasteiger partial charge in [-0.3, -0.25) is 0 Å². The number of halogens is 1. The van der Waals surface area contributed by atoms with E-state index in [2.05, 4.69) is 11.8 Å². The molecule has 0 aliphatic rings. The van der Waals surface area contributed by atoms with Gasteiger partial charge in [-0.1, -0.05) is 25.7 Å². The zero-order valence-electron chi connectivity index (χ0n) is 11.6. The van der Waals surface area contributed by atoms with Gasteiger partial charge in [0.25, 0.3) is 0 Å². The van der Waals surface area contributed by atoms with Crippen molar-refractivity contribution in [1.29, 1.82) is 0 Å². The first kappa shape index (κ1) is 16.6. The molecule has 0 atom stereocenters. The molecule has 0 aliphatic carbocycles. The van der Waals surface area contributed by atoms with Crippen molar-refractivity contribution in [2.24, 2.45) is 0 Å². The molecular formula is C14H18FNO3S. The third-order valence-electron chi connectivity index (χ3n) is 2.72. The number of aliphatic hydroxyl groups is 1. The monoisotopic (exact) mass is 299 g/mol. The highest BCUT2D eigenvalue weighted by molar-refractivity contribution is 7.89. The summed E-state index contributed by atoms with van der Waals surface area (Å²) in [5.74, 6) is 4.68. The van der Waals surface area contributed by atoms with Crippen molar-refractivity contribution in [3.63, 3.8) is 0 Å². The molecule has 6 heteroatoms. The summed E-state index contributed by atoms with van der Waals surface area (Å²) in [6.45, 7) is 4.02. The lowest BCUT2D eigenvalue weighted by Crippen LogP contribution is -2.31. The number of aliphatic hydroxyl groups excluding tert-OH is 1. The molecule has 0 fully saturated rings. The van der Waals surface area contributed by atoms with Crippen LogP contribution in [-0.2, 0) is 10.0 Å². The van der Waals surface area contributed by atoms with E-state index in [0.29, 0.717) is 13.1 Å². The standard InChI is InChI=1S/C14H18FNO3S/c1-3-16(4-2)20(18,19)14-9-8-13(15)11-12(14)7-5-6-10-17/h8-9,11,17H,3-4,6,10H2,1-2H3. The molecule has 0 saturated heterocycles. The van der Waals surface area contributed by atoms with Gasteiger partial charge >= 0.3 is 0 Å². The van der Waals surface area contributed by atoms with Gasteiger partial charge in [0.05, 0.1) is 11.5 Å². The van der Waals surface area contributed by atoms with Crippen LogP contribution in [0.3, 0.4) is 0 Å². The van der Waals surface area contributed by atoms with Crippen LogP contribution < -0.4 is 0 Å². The normalized spacial score (nSPS) is 11.2. The van der Waals surface area contributed by atoms with Crippen molar-refractivity contribution in [2.45, 2.75) is 25.2 Å². The second kappa shape index (κ2) is 7.39. The fourth-order valence-corrected chi connectivity index (χ4v) is 3.33. The zero-order valence-corrected chi connectivity index (χ0v) is 12.4. The van der Waals surface area contributed by atoms with Crippen molar-refractivity contribution < 1.29 is 17.9 Å². The fourth-order valence-electron chi connectivity index (χ4n) is 1.74. The van der Waals surface area contributed by atoms with E-state index in [1.807, 2.05) is 0 Å². The van der Waals surface area contributed by atoms with Gasteiger partial charge in [-0.05, 0) is 18.2 Å². The summed E-state index contributed by atoms with van der Waals surface area (Å²) in [5.41, 5.74) is 0.116. The van der Waals surface area contributed by atoms with E-state index in [1.165, 1.54) is 10.4 Å². The maximum atomic E-state index is 13.3. The Morgan fingerprint density at radius 1 is 1.30 bits per heavy atom.